The molecule has 4 aromatic rings. The van der Waals surface area contributed by atoms with Crippen LogP contribution in [0.25, 0.3) is 16.6 Å². The molecule has 0 aliphatic rings. The van der Waals surface area contributed by atoms with Gasteiger partial charge in [0, 0.05) is 17.1 Å². The Morgan fingerprint density at radius 1 is 1.12 bits per heavy atom. The van der Waals surface area contributed by atoms with Gasteiger partial charge in [0.1, 0.15) is 24.1 Å². The molecule has 3 N–H and O–H groups in total. The third-order valence-corrected chi connectivity index (χ3v) is 5.22. The summed E-state index contributed by atoms with van der Waals surface area (Å²) in [4.78, 5) is 11.2. The van der Waals surface area contributed by atoms with Crippen molar-refractivity contribution in [3.05, 3.63) is 83.6 Å². The molecule has 2 aromatic carbocycles. The van der Waals surface area contributed by atoms with Gasteiger partial charge in [0.25, 0.3) is 0 Å². The summed E-state index contributed by atoms with van der Waals surface area (Å²) in [5.41, 5.74) is 1.12. The second-order valence-electron chi connectivity index (χ2n) is 7.33. The number of halogens is 4. The van der Waals surface area contributed by atoms with Crippen molar-refractivity contribution in [2.24, 2.45) is 5.73 Å². The van der Waals surface area contributed by atoms with Crippen LogP contribution in [0, 0.1) is 17.1 Å². The van der Waals surface area contributed by atoms with Gasteiger partial charge in [-0.1, -0.05) is 6.07 Å². The molecule has 1 amide bonds. The zero-order chi connectivity index (χ0) is 24.0. The highest BCUT2D eigenvalue weighted by Gasteiger charge is 2.57. The molecule has 2 heterocycles. The van der Waals surface area contributed by atoms with E-state index in [-0.39, 0.29) is 11.1 Å². The van der Waals surface area contributed by atoms with Crippen LogP contribution in [0.5, 0.6) is 0 Å². The molecule has 11 heteroatoms. The lowest BCUT2D eigenvalue weighted by Crippen LogP contribution is -2.43. The Morgan fingerprint density at radius 3 is 2.42 bits per heavy atom. The normalized spacial score (nSPS) is 13.6. The number of carbonyl (C=O) groups excluding carboxylic acids is 1. The van der Waals surface area contributed by atoms with Gasteiger partial charge >= 0.3 is 6.18 Å². The molecule has 0 radical (unpaired) electrons. The van der Waals surface area contributed by atoms with E-state index < -0.39 is 41.2 Å². The number of carbonyl (C=O) groups is 1. The number of amides is 1. The largest absolute Gasteiger partial charge is 0.425 e. The molecule has 168 valence electrons. The van der Waals surface area contributed by atoms with Crippen LogP contribution in [-0.4, -0.2) is 31.5 Å². The molecule has 0 bridgehead atoms. The Hall–Kier alpha value is -4.17. The standard InChI is InChI=1S/C22H15F4N5O2/c23-16-2-4-17(5-3-16)31-19-6-1-14(7-13(19)10-29-31)21(33,22(24,25)26)15-8-18(9-27)30(11-15)12-20(28)32/h1-8,10-11,33H,12H2,(H2,28,32). The van der Waals surface area contributed by atoms with Crippen molar-refractivity contribution in [3.8, 4) is 11.8 Å². The van der Waals surface area contributed by atoms with Gasteiger partial charge in [0.05, 0.1) is 17.4 Å². The number of hydrogen-bond acceptors (Lipinski definition) is 4. The Kier molecular flexibility index (Phi) is 5.18. The van der Waals surface area contributed by atoms with E-state index in [4.69, 9.17) is 5.73 Å². The molecule has 0 aliphatic carbocycles. The highest BCUT2D eigenvalue weighted by atomic mass is 19.4. The fraction of sp³-hybridized carbons (Fsp3) is 0.136. The smallest absolute Gasteiger partial charge is 0.372 e. The molecule has 2 aromatic heterocycles. The van der Waals surface area contributed by atoms with Crippen LogP contribution in [0.4, 0.5) is 17.6 Å². The number of aromatic nitrogens is 3. The number of nitrogens with two attached hydrogens (primary N) is 1. The number of hydrogen-bond donors (Lipinski definition) is 2. The fourth-order valence-corrected chi connectivity index (χ4v) is 3.64. The number of rotatable bonds is 5. The average molecular weight is 457 g/mol. The molecular weight excluding hydrogens is 442 g/mol. The average Bonchev–Trinajstić information content (AvgIpc) is 3.36. The molecule has 1 atom stereocenters. The second kappa shape index (κ2) is 7.75. The van der Waals surface area contributed by atoms with Gasteiger partial charge in [0.15, 0.2) is 0 Å². The zero-order valence-corrected chi connectivity index (χ0v) is 16.7. The van der Waals surface area contributed by atoms with Gasteiger partial charge in [-0.05, 0) is 48.0 Å². The number of fused-ring (bicyclic) bond motifs is 1. The lowest BCUT2D eigenvalue weighted by Gasteiger charge is -2.30. The molecule has 4 rings (SSSR count). The predicted octanol–water partition coefficient (Wildman–Crippen LogP) is 3.12. The van der Waals surface area contributed by atoms with Crippen molar-refractivity contribution < 1.29 is 27.5 Å². The lowest BCUT2D eigenvalue weighted by molar-refractivity contribution is -0.248. The molecule has 0 fully saturated rings. The van der Waals surface area contributed by atoms with Crippen LogP contribution in [0.1, 0.15) is 16.8 Å². The van der Waals surface area contributed by atoms with E-state index in [0.717, 1.165) is 29.0 Å². The van der Waals surface area contributed by atoms with E-state index in [1.165, 1.54) is 41.2 Å². The minimum Gasteiger partial charge on any atom is -0.372 e. The maximum absolute atomic E-state index is 14.2. The Bertz CT molecular complexity index is 1400. The first kappa shape index (κ1) is 22.0. The van der Waals surface area contributed by atoms with Crippen molar-refractivity contribution in [3.63, 3.8) is 0 Å². The first-order chi connectivity index (χ1) is 15.5. The summed E-state index contributed by atoms with van der Waals surface area (Å²) in [6.45, 7) is -0.527. The molecule has 1 unspecified atom stereocenters. The Labute approximate surface area is 183 Å². The number of nitrogens with zero attached hydrogens (tertiary/aromatic N) is 4. The Balaban J connectivity index is 1.85. The SMILES string of the molecule is N#Cc1cc(C(O)(c2ccc3c(cnn3-c3ccc(F)cc3)c2)C(F)(F)F)cn1CC(N)=O. The number of nitriles is 1. The molecule has 0 saturated carbocycles. The molecule has 0 spiro atoms. The van der Waals surface area contributed by atoms with E-state index in [9.17, 15) is 32.7 Å². The topological polar surface area (TPSA) is 110 Å². The van der Waals surface area contributed by atoms with Gasteiger partial charge in [-0.3, -0.25) is 4.79 Å². The highest BCUT2D eigenvalue weighted by molar-refractivity contribution is 5.81. The van der Waals surface area contributed by atoms with Crippen LogP contribution in [-0.2, 0) is 16.9 Å². The summed E-state index contributed by atoms with van der Waals surface area (Å²) in [5.74, 6) is -1.31. The summed E-state index contributed by atoms with van der Waals surface area (Å²) in [7, 11) is 0. The number of aliphatic hydroxyl groups is 1. The molecule has 33 heavy (non-hydrogen) atoms. The van der Waals surface area contributed by atoms with Crippen molar-refractivity contribution >= 4 is 16.8 Å². The highest BCUT2D eigenvalue weighted by Crippen LogP contribution is 2.45. The maximum atomic E-state index is 14.2. The summed E-state index contributed by atoms with van der Waals surface area (Å²) in [5, 5.41) is 24.6. The monoisotopic (exact) mass is 457 g/mol. The number of alkyl halides is 3. The van der Waals surface area contributed by atoms with Crippen molar-refractivity contribution in [2.75, 3.05) is 0 Å². The van der Waals surface area contributed by atoms with E-state index in [2.05, 4.69) is 5.10 Å². The third kappa shape index (κ3) is 3.70. The van der Waals surface area contributed by atoms with Gasteiger partial charge in [-0.15, -0.1) is 0 Å². The second-order valence-corrected chi connectivity index (χ2v) is 7.33. The first-order valence-corrected chi connectivity index (χ1v) is 9.47. The summed E-state index contributed by atoms with van der Waals surface area (Å²) >= 11 is 0. The van der Waals surface area contributed by atoms with Crippen LogP contribution < -0.4 is 5.73 Å². The molecule has 0 aliphatic heterocycles. The number of primary amides is 1. The minimum atomic E-state index is -5.17. The molecule has 0 saturated heterocycles. The van der Waals surface area contributed by atoms with Crippen molar-refractivity contribution in [1.29, 1.82) is 5.26 Å². The van der Waals surface area contributed by atoms with Crippen LogP contribution >= 0.6 is 0 Å². The van der Waals surface area contributed by atoms with Gasteiger partial charge in [0.2, 0.25) is 11.5 Å². The van der Waals surface area contributed by atoms with E-state index in [1.807, 2.05) is 0 Å². The van der Waals surface area contributed by atoms with Crippen LogP contribution in [0.2, 0.25) is 0 Å². The van der Waals surface area contributed by atoms with Crippen LogP contribution in [0.3, 0.4) is 0 Å². The van der Waals surface area contributed by atoms with Gasteiger partial charge in [-0.2, -0.15) is 23.5 Å². The lowest BCUT2D eigenvalue weighted by atomic mass is 9.86. The minimum absolute atomic E-state index is 0.267. The predicted molar refractivity (Wildman–Crippen MR) is 108 cm³/mol. The summed E-state index contributed by atoms with van der Waals surface area (Å²) in [6.07, 6.45) is -2.97. The molecule has 7 nitrogen and oxygen atoms in total. The van der Waals surface area contributed by atoms with E-state index in [1.54, 1.807) is 6.07 Å². The number of benzene rings is 2. The quantitative estimate of drug-likeness (QED) is 0.449. The van der Waals surface area contributed by atoms with Gasteiger partial charge in [-0.25, -0.2) is 9.07 Å². The fourth-order valence-electron chi connectivity index (χ4n) is 3.64. The third-order valence-electron chi connectivity index (χ3n) is 5.22. The van der Waals surface area contributed by atoms with E-state index >= 15 is 0 Å². The van der Waals surface area contributed by atoms with Crippen LogP contribution in [0.15, 0.2) is 60.9 Å². The van der Waals surface area contributed by atoms with Crippen molar-refractivity contribution in [2.45, 2.75) is 18.3 Å². The summed E-state index contributed by atoms with van der Waals surface area (Å²) < 4.78 is 58.2. The van der Waals surface area contributed by atoms with Gasteiger partial charge < -0.3 is 15.4 Å². The van der Waals surface area contributed by atoms with Crippen molar-refractivity contribution in [1.82, 2.24) is 14.3 Å². The Morgan fingerprint density at radius 2 is 1.82 bits per heavy atom. The first-order valence-electron chi connectivity index (χ1n) is 9.47. The maximum Gasteiger partial charge on any atom is 0.425 e. The van der Waals surface area contributed by atoms with E-state index in [0.29, 0.717) is 11.2 Å². The zero-order valence-electron chi connectivity index (χ0n) is 16.7. The molecular formula is C22H15F4N5O2. The summed E-state index contributed by atoms with van der Waals surface area (Å²) in [6, 6.07) is 11.5.